The van der Waals surface area contributed by atoms with Crippen molar-refractivity contribution in [3.63, 3.8) is 0 Å². The van der Waals surface area contributed by atoms with Crippen LogP contribution in [-0.2, 0) is 4.79 Å². The van der Waals surface area contributed by atoms with E-state index in [9.17, 15) is 4.79 Å². The highest BCUT2D eigenvalue weighted by Gasteiger charge is 2.39. The molecule has 1 fully saturated rings. The molecule has 2 heterocycles. The average molecular weight is 352 g/mol. The van der Waals surface area contributed by atoms with E-state index in [1.54, 1.807) is 0 Å². The van der Waals surface area contributed by atoms with Gasteiger partial charge in [0.15, 0.2) is 0 Å². The van der Waals surface area contributed by atoms with E-state index in [-0.39, 0.29) is 18.0 Å². The first kappa shape index (κ1) is 14.3. The third kappa shape index (κ3) is 2.74. The van der Waals surface area contributed by atoms with E-state index in [2.05, 4.69) is 29.8 Å². The normalized spacial score (nSPS) is 24.3. The standard InChI is InChI=1S/C12H16BrClN2OS/c1-6(2)5-16-10(17)4-8(15)11(16)9-3-7(13)12(14)18-9/h3,6,8,11H,4-5,15H2,1-2H3. The molecule has 3 nitrogen and oxygen atoms in total. The van der Waals surface area contributed by atoms with Gasteiger partial charge in [-0.25, -0.2) is 0 Å². The quantitative estimate of drug-likeness (QED) is 0.907. The minimum Gasteiger partial charge on any atom is -0.333 e. The van der Waals surface area contributed by atoms with Crippen LogP contribution in [0.4, 0.5) is 0 Å². The molecule has 1 saturated heterocycles. The highest BCUT2D eigenvalue weighted by atomic mass is 79.9. The number of carbonyl (C=O) groups is 1. The summed E-state index contributed by atoms with van der Waals surface area (Å²) in [5, 5.41) is 0. The van der Waals surface area contributed by atoms with Gasteiger partial charge < -0.3 is 10.6 Å². The fraction of sp³-hybridized carbons (Fsp3) is 0.583. The molecule has 0 spiro atoms. The number of amides is 1. The molecule has 100 valence electrons. The van der Waals surface area contributed by atoms with Crippen molar-refractivity contribution in [2.45, 2.75) is 32.4 Å². The molecule has 0 aliphatic carbocycles. The van der Waals surface area contributed by atoms with Crippen LogP contribution >= 0.6 is 38.9 Å². The summed E-state index contributed by atoms with van der Waals surface area (Å²) in [5.74, 6) is 0.572. The number of rotatable bonds is 3. The van der Waals surface area contributed by atoms with Crippen molar-refractivity contribution in [1.29, 1.82) is 0 Å². The summed E-state index contributed by atoms with van der Waals surface area (Å²) < 4.78 is 1.58. The van der Waals surface area contributed by atoms with E-state index in [4.69, 9.17) is 17.3 Å². The van der Waals surface area contributed by atoms with Crippen LogP contribution in [0.15, 0.2) is 10.5 Å². The number of thiophene rings is 1. The molecule has 0 radical (unpaired) electrons. The predicted molar refractivity (Wildman–Crippen MR) is 78.9 cm³/mol. The van der Waals surface area contributed by atoms with Crippen molar-refractivity contribution in [3.8, 4) is 0 Å². The van der Waals surface area contributed by atoms with E-state index >= 15 is 0 Å². The molecule has 1 aliphatic heterocycles. The Bertz CT molecular complexity index is 443. The molecule has 0 bridgehead atoms. The van der Waals surface area contributed by atoms with Crippen molar-refractivity contribution in [2.24, 2.45) is 11.7 Å². The van der Waals surface area contributed by atoms with E-state index in [1.807, 2.05) is 11.0 Å². The third-order valence-corrected chi connectivity index (χ3v) is 5.53. The van der Waals surface area contributed by atoms with Crippen LogP contribution in [0.2, 0.25) is 4.34 Å². The maximum Gasteiger partial charge on any atom is 0.224 e. The first-order valence-corrected chi connectivity index (χ1v) is 7.88. The topological polar surface area (TPSA) is 46.3 Å². The fourth-order valence-corrected chi connectivity index (χ4v) is 4.22. The summed E-state index contributed by atoms with van der Waals surface area (Å²) in [6.07, 6.45) is 0.421. The molecule has 2 unspecified atom stereocenters. The van der Waals surface area contributed by atoms with Crippen molar-refractivity contribution in [1.82, 2.24) is 4.90 Å². The van der Waals surface area contributed by atoms with Gasteiger partial charge in [-0.15, -0.1) is 11.3 Å². The monoisotopic (exact) mass is 350 g/mol. The van der Waals surface area contributed by atoms with E-state index in [0.29, 0.717) is 16.7 Å². The van der Waals surface area contributed by atoms with Gasteiger partial charge >= 0.3 is 0 Å². The number of carbonyl (C=O) groups excluding carboxylic acids is 1. The van der Waals surface area contributed by atoms with Crippen molar-refractivity contribution in [2.75, 3.05) is 6.54 Å². The van der Waals surface area contributed by atoms with Gasteiger partial charge in [0.05, 0.1) is 6.04 Å². The number of nitrogens with zero attached hydrogens (tertiary/aromatic N) is 1. The van der Waals surface area contributed by atoms with Crippen LogP contribution < -0.4 is 5.73 Å². The highest BCUT2D eigenvalue weighted by Crippen LogP contribution is 2.41. The molecule has 1 aromatic heterocycles. The van der Waals surface area contributed by atoms with E-state index in [1.165, 1.54) is 11.3 Å². The Morgan fingerprint density at radius 2 is 2.33 bits per heavy atom. The molecule has 2 atom stereocenters. The van der Waals surface area contributed by atoms with Crippen LogP contribution in [0.1, 0.15) is 31.2 Å². The lowest BCUT2D eigenvalue weighted by Crippen LogP contribution is -2.34. The van der Waals surface area contributed by atoms with E-state index in [0.717, 1.165) is 15.9 Å². The fourth-order valence-electron chi connectivity index (χ4n) is 2.30. The summed E-state index contributed by atoms with van der Waals surface area (Å²) in [5.41, 5.74) is 6.11. The van der Waals surface area contributed by atoms with E-state index < -0.39 is 0 Å². The average Bonchev–Trinajstić information content (AvgIpc) is 2.69. The summed E-state index contributed by atoms with van der Waals surface area (Å²) in [6.45, 7) is 4.95. The smallest absolute Gasteiger partial charge is 0.224 e. The molecule has 18 heavy (non-hydrogen) atoms. The van der Waals surface area contributed by atoms with Gasteiger partial charge in [0, 0.05) is 28.4 Å². The molecule has 0 saturated carbocycles. The zero-order chi connectivity index (χ0) is 13.4. The maximum absolute atomic E-state index is 12.0. The molecule has 2 N–H and O–H groups in total. The third-order valence-electron chi connectivity index (χ3n) is 2.99. The number of hydrogen-bond acceptors (Lipinski definition) is 3. The molecule has 0 aromatic carbocycles. The first-order chi connectivity index (χ1) is 8.40. The molecule has 6 heteroatoms. The molecule has 1 aromatic rings. The number of hydrogen-bond donors (Lipinski definition) is 1. The SMILES string of the molecule is CC(C)CN1C(=O)CC(N)C1c1cc(Br)c(Cl)s1. The van der Waals surface area contributed by atoms with Crippen LogP contribution in [0.5, 0.6) is 0 Å². The Kier molecular flexibility index (Phi) is 4.36. The second kappa shape index (κ2) is 5.49. The lowest BCUT2D eigenvalue weighted by Gasteiger charge is -2.27. The Morgan fingerprint density at radius 1 is 1.67 bits per heavy atom. The minimum absolute atomic E-state index is 0.0336. The highest BCUT2D eigenvalue weighted by molar-refractivity contribution is 9.10. The lowest BCUT2D eigenvalue weighted by atomic mass is 10.1. The van der Waals surface area contributed by atoms with Gasteiger partial charge in [-0.3, -0.25) is 4.79 Å². The first-order valence-electron chi connectivity index (χ1n) is 5.90. The summed E-state index contributed by atoms with van der Waals surface area (Å²) in [4.78, 5) is 15.0. The van der Waals surface area contributed by atoms with Gasteiger partial charge in [0.1, 0.15) is 4.34 Å². The van der Waals surface area contributed by atoms with Crippen LogP contribution in [0.25, 0.3) is 0 Å². The summed E-state index contributed by atoms with van der Waals surface area (Å²) in [7, 11) is 0. The largest absolute Gasteiger partial charge is 0.333 e. The second-order valence-electron chi connectivity index (χ2n) is 5.02. The Balaban J connectivity index is 2.30. The van der Waals surface area contributed by atoms with Gasteiger partial charge in [0.25, 0.3) is 0 Å². The number of halogens is 2. The Morgan fingerprint density at radius 3 is 2.83 bits per heavy atom. The maximum atomic E-state index is 12.0. The van der Waals surface area contributed by atoms with Crippen molar-refractivity contribution < 1.29 is 4.79 Å². The Labute approximate surface area is 124 Å². The number of nitrogens with two attached hydrogens (primary N) is 1. The minimum atomic E-state index is -0.141. The summed E-state index contributed by atoms with van der Waals surface area (Å²) >= 11 is 11.0. The van der Waals surface area contributed by atoms with Crippen LogP contribution in [0, 0.1) is 5.92 Å². The van der Waals surface area contributed by atoms with Gasteiger partial charge in [-0.1, -0.05) is 25.4 Å². The predicted octanol–water partition coefficient (Wildman–Crippen LogP) is 3.42. The van der Waals surface area contributed by atoms with Crippen molar-refractivity contribution in [3.05, 3.63) is 19.8 Å². The van der Waals surface area contributed by atoms with Gasteiger partial charge in [-0.2, -0.15) is 0 Å². The molecule has 1 amide bonds. The number of likely N-dealkylation sites (tertiary alicyclic amines) is 1. The molecule has 1 aliphatic rings. The Hall–Kier alpha value is -0.100. The van der Waals surface area contributed by atoms with Crippen LogP contribution in [-0.4, -0.2) is 23.4 Å². The van der Waals surface area contributed by atoms with Crippen LogP contribution in [0.3, 0.4) is 0 Å². The lowest BCUT2D eigenvalue weighted by molar-refractivity contribution is -0.129. The van der Waals surface area contributed by atoms with Gasteiger partial charge in [-0.05, 0) is 27.9 Å². The molecular formula is C12H16BrClN2OS. The molecule has 2 rings (SSSR count). The summed E-state index contributed by atoms with van der Waals surface area (Å²) in [6, 6.07) is 1.80. The molecular weight excluding hydrogens is 336 g/mol. The second-order valence-corrected chi connectivity index (χ2v) is 7.56. The van der Waals surface area contributed by atoms with Crippen molar-refractivity contribution >= 4 is 44.8 Å². The zero-order valence-electron chi connectivity index (χ0n) is 10.3. The zero-order valence-corrected chi connectivity index (χ0v) is 13.5. The van der Waals surface area contributed by atoms with Gasteiger partial charge in [0.2, 0.25) is 5.91 Å².